The highest BCUT2D eigenvalue weighted by molar-refractivity contribution is 7.80. The normalized spacial score (nSPS) is 18.6. The summed E-state index contributed by atoms with van der Waals surface area (Å²) in [4.78, 5) is 51.1. The molecule has 0 aliphatic carbocycles. The average Bonchev–Trinajstić information content (AvgIpc) is 3.56. The van der Waals surface area contributed by atoms with Gasteiger partial charge in [-0.2, -0.15) is 13.5 Å². The molecule has 0 saturated carbocycles. The van der Waals surface area contributed by atoms with Crippen molar-refractivity contribution in [3.8, 4) is 5.75 Å². The third kappa shape index (κ3) is 8.06. The third-order valence-corrected chi connectivity index (χ3v) is 8.53. The number of amides is 1. The first-order valence-electron chi connectivity index (χ1n) is 14.1. The molecular formula is C28H35N7O10S2. The standard InChI is InChI=1S/C28H35N7O10S2/c1-16-33(4)21(13-34(16)11-5-10-29)17-6-8-18(9-7-17)43-14-23(26(38)39)44-32-24(20-15-46-27(30)31-20)22(36)12-19-25(37)35(28(19,2)3)45-47(40,41)42/h6-9,13,15,19,23H,1,5,10-12,14,29H2,2-4H3,(H2,30,31)(H,38,39)(H,40,41,42)/b32-24-/t19-,23+/m1/s1. The second-order valence-electron chi connectivity index (χ2n) is 11.1. The molecule has 47 heavy (non-hydrogen) atoms. The van der Waals surface area contributed by atoms with E-state index in [0.717, 1.165) is 41.4 Å². The number of ether oxygens (including phenoxy) is 1. The summed E-state index contributed by atoms with van der Waals surface area (Å²) in [6.45, 7) is 7.76. The zero-order chi connectivity index (χ0) is 34.7. The molecule has 1 saturated heterocycles. The number of oxime groups is 1. The number of β-lactam (4-membered cyclic amide) rings is 1. The molecule has 6 N–H and O–H groups in total. The van der Waals surface area contributed by atoms with Crippen LogP contribution in [0.15, 0.2) is 53.4 Å². The van der Waals surface area contributed by atoms with Gasteiger partial charge in [0.15, 0.2) is 16.6 Å². The van der Waals surface area contributed by atoms with E-state index < -0.39 is 64.4 Å². The van der Waals surface area contributed by atoms with Gasteiger partial charge in [0, 0.05) is 31.6 Å². The zero-order valence-electron chi connectivity index (χ0n) is 25.7. The van der Waals surface area contributed by atoms with Crippen LogP contribution in [0, 0.1) is 5.92 Å². The summed E-state index contributed by atoms with van der Waals surface area (Å²) >= 11 is 0.986. The SMILES string of the molecule is C=C1N(CCCN)C=C(c2ccc(OC[C@H](O/N=C(\C(=O)C[C@@H]3C(=O)N(OS(=O)(=O)O)C3(C)C)c3csc(N)n3)C(=O)O)cc2)N1C. The number of aromatic nitrogens is 1. The van der Waals surface area contributed by atoms with Gasteiger partial charge in [0.05, 0.1) is 17.2 Å². The third-order valence-electron chi connectivity index (χ3n) is 7.52. The Morgan fingerprint density at radius 1 is 1.26 bits per heavy atom. The van der Waals surface area contributed by atoms with Crippen LogP contribution < -0.4 is 16.2 Å². The van der Waals surface area contributed by atoms with Gasteiger partial charge in [-0.1, -0.05) is 11.7 Å². The molecule has 0 unspecified atom stereocenters. The van der Waals surface area contributed by atoms with Crippen molar-refractivity contribution < 1.29 is 46.3 Å². The number of nitrogen functional groups attached to an aromatic ring is 1. The Morgan fingerprint density at radius 2 is 1.94 bits per heavy atom. The Hall–Kier alpha value is -4.56. The first kappa shape index (κ1) is 35.3. The molecule has 254 valence electrons. The van der Waals surface area contributed by atoms with Crippen LogP contribution in [0.2, 0.25) is 0 Å². The number of benzene rings is 1. The molecule has 1 aromatic heterocycles. The van der Waals surface area contributed by atoms with Gasteiger partial charge in [-0.3, -0.25) is 14.1 Å². The molecule has 2 atom stereocenters. The van der Waals surface area contributed by atoms with Crippen LogP contribution in [-0.4, -0.2) is 99.7 Å². The smallest absolute Gasteiger partial charge is 0.418 e. The Kier molecular flexibility index (Phi) is 10.6. The summed E-state index contributed by atoms with van der Waals surface area (Å²) in [6.07, 6.45) is 0.624. The van der Waals surface area contributed by atoms with Gasteiger partial charge < -0.3 is 35.9 Å². The molecule has 2 aromatic rings. The molecule has 2 aliphatic rings. The molecular weight excluding hydrogens is 658 g/mol. The van der Waals surface area contributed by atoms with Crippen LogP contribution in [-0.2, 0) is 33.9 Å². The lowest BCUT2D eigenvalue weighted by molar-refractivity contribution is -0.228. The van der Waals surface area contributed by atoms with Gasteiger partial charge in [0.25, 0.3) is 12.0 Å². The van der Waals surface area contributed by atoms with Crippen molar-refractivity contribution in [3.05, 3.63) is 59.5 Å². The monoisotopic (exact) mass is 693 g/mol. The highest BCUT2D eigenvalue weighted by atomic mass is 32.3. The van der Waals surface area contributed by atoms with E-state index in [1.807, 2.05) is 23.0 Å². The number of Topliss-reactive ketones (excluding diaryl/α,β-unsaturated/α-hetero) is 1. The van der Waals surface area contributed by atoms with Crippen molar-refractivity contribution in [2.24, 2.45) is 16.8 Å². The summed E-state index contributed by atoms with van der Waals surface area (Å²) in [6, 6.07) is 6.94. The van der Waals surface area contributed by atoms with E-state index in [9.17, 15) is 27.9 Å². The Morgan fingerprint density at radius 3 is 2.49 bits per heavy atom. The first-order chi connectivity index (χ1) is 22.0. The van der Waals surface area contributed by atoms with Gasteiger partial charge in [0.2, 0.25) is 0 Å². The Bertz CT molecular complexity index is 1710. The highest BCUT2D eigenvalue weighted by Gasteiger charge is 2.57. The fourth-order valence-electron chi connectivity index (χ4n) is 4.81. The maximum atomic E-state index is 13.3. The molecule has 4 rings (SSSR count). The lowest BCUT2D eigenvalue weighted by atomic mass is 9.74. The van der Waals surface area contributed by atoms with Crippen LogP contribution in [0.3, 0.4) is 0 Å². The molecule has 1 fully saturated rings. The molecule has 19 heteroatoms. The molecule has 2 aliphatic heterocycles. The number of carboxylic acid groups (broad SMARTS) is 1. The van der Waals surface area contributed by atoms with Gasteiger partial charge in [-0.25, -0.2) is 9.78 Å². The maximum Gasteiger partial charge on any atom is 0.418 e. The van der Waals surface area contributed by atoms with Crippen molar-refractivity contribution in [1.29, 1.82) is 0 Å². The van der Waals surface area contributed by atoms with Crippen LogP contribution in [0.4, 0.5) is 5.13 Å². The Balaban J connectivity index is 1.44. The predicted octanol–water partition coefficient (Wildman–Crippen LogP) is 1.27. The van der Waals surface area contributed by atoms with Gasteiger partial charge in [-0.05, 0) is 56.6 Å². The van der Waals surface area contributed by atoms with Gasteiger partial charge in [0.1, 0.15) is 23.9 Å². The number of carbonyl (C=O) groups is 3. The molecule has 1 aromatic carbocycles. The van der Waals surface area contributed by atoms with Gasteiger partial charge >= 0.3 is 16.4 Å². The van der Waals surface area contributed by atoms with E-state index in [1.54, 1.807) is 24.3 Å². The van der Waals surface area contributed by atoms with Crippen LogP contribution >= 0.6 is 11.3 Å². The summed E-state index contributed by atoms with van der Waals surface area (Å²) in [5, 5.41) is 15.5. The number of aliphatic carboxylic acids is 1. The molecule has 17 nitrogen and oxygen atoms in total. The second-order valence-corrected chi connectivity index (χ2v) is 13.0. The molecule has 0 spiro atoms. The van der Waals surface area contributed by atoms with E-state index in [2.05, 4.69) is 21.0 Å². The largest absolute Gasteiger partial charge is 0.489 e. The number of ketones is 1. The highest BCUT2D eigenvalue weighted by Crippen LogP contribution is 2.40. The summed E-state index contributed by atoms with van der Waals surface area (Å²) in [5.74, 6) is -3.01. The van der Waals surface area contributed by atoms with Crippen molar-refractivity contribution in [2.75, 3.05) is 32.5 Å². The molecule has 1 amide bonds. The number of hydrogen-bond acceptors (Lipinski definition) is 15. The zero-order valence-corrected chi connectivity index (χ0v) is 27.4. The van der Waals surface area contributed by atoms with E-state index >= 15 is 0 Å². The minimum atomic E-state index is -4.99. The van der Waals surface area contributed by atoms with E-state index in [4.69, 9.17) is 25.6 Å². The molecule has 0 radical (unpaired) electrons. The van der Waals surface area contributed by atoms with Crippen molar-refractivity contribution in [3.63, 3.8) is 0 Å². The lowest BCUT2D eigenvalue weighted by Gasteiger charge is -2.50. The van der Waals surface area contributed by atoms with Crippen molar-refractivity contribution >= 4 is 55.9 Å². The fraction of sp³-hybridized carbons (Fsp3) is 0.393. The average molecular weight is 694 g/mol. The number of carboxylic acids is 1. The molecule has 3 heterocycles. The predicted molar refractivity (Wildman–Crippen MR) is 169 cm³/mol. The Labute approximate surface area is 274 Å². The second kappa shape index (κ2) is 14.1. The van der Waals surface area contributed by atoms with Crippen molar-refractivity contribution in [2.45, 2.75) is 38.3 Å². The number of nitrogens with two attached hydrogens (primary N) is 2. The van der Waals surface area contributed by atoms with E-state index in [1.165, 1.54) is 19.2 Å². The minimum absolute atomic E-state index is 0.0239. The van der Waals surface area contributed by atoms with Crippen molar-refractivity contribution in [1.82, 2.24) is 19.8 Å². The number of hydroxylamine groups is 2. The van der Waals surface area contributed by atoms with Gasteiger partial charge in [-0.15, -0.1) is 15.6 Å². The van der Waals surface area contributed by atoms with Crippen LogP contribution in [0.5, 0.6) is 5.75 Å². The number of thiazole rings is 1. The number of carbonyl (C=O) groups excluding carboxylic acids is 2. The number of anilines is 1. The number of nitrogens with zero attached hydrogens (tertiary/aromatic N) is 5. The van der Waals surface area contributed by atoms with E-state index in [0.29, 0.717) is 17.4 Å². The minimum Gasteiger partial charge on any atom is -0.489 e. The fourth-order valence-corrected chi connectivity index (χ4v) is 5.81. The summed E-state index contributed by atoms with van der Waals surface area (Å²) < 4.78 is 41.2. The van der Waals surface area contributed by atoms with E-state index in [-0.39, 0.29) is 10.8 Å². The van der Waals surface area contributed by atoms with Crippen LogP contribution in [0.25, 0.3) is 5.70 Å². The number of hydrogen-bond donors (Lipinski definition) is 4. The van der Waals surface area contributed by atoms with Crippen LogP contribution in [0.1, 0.15) is 37.9 Å². The quantitative estimate of drug-likeness (QED) is 0.0838. The summed E-state index contributed by atoms with van der Waals surface area (Å²) in [5.41, 5.74) is 11.4. The molecule has 0 bridgehead atoms. The summed E-state index contributed by atoms with van der Waals surface area (Å²) in [7, 11) is -3.09. The maximum absolute atomic E-state index is 13.3. The number of rotatable bonds is 16. The topological polar surface area (TPSA) is 241 Å². The first-order valence-corrected chi connectivity index (χ1v) is 16.3. The lowest BCUT2D eigenvalue weighted by Crippen LogP contribution is -2.68.